The first-order valence-corrected chi connectivity index (χ1v) is 8.06. The Bertz CT molecular complexity index is 796. The number of anilines is 1. The minimum Gasteiger partial charge on any atom is -0.392 e. The summed E-state index contributed by atoms with van der Waals surface area (Å²) in [5, 5.41) is 9.35. The van der Waals surface area contributed by atoms with Gasteiger partial charge in [-0.05, 0) is 30.5 Å². The first-order valence-electron chi connectivity index (χ1n) is 7.68. The van der Waals surface area contributed by atoms with Crippen molar-refractivity contribution < 1.29 is 23.1 Å². The first-order chi connectivity index (χ1) is 11.6. The van der Waals surface area contributed by atoms with Crippen molar-refractivity contribution in [3.05, 3.63) is 28.3 Å². The molecule has 1 unspecified atom stereocenters. The highest BCUT2D eigenvalue weighted by Gasteiger charge is 2.63. The number of benzene rings is 1. The largest absolute Gasteiger partial charge is 0.427 e. The van der Waals surface area contributed by atoms with Crippen LogP contribution in [-0.2, 0) is 12.1 Å². The Morgan fingerprint density at radius 3 is 2.52 bits per heavy atom. The number of amides is 2. The van der Waals surface area contributed by atoms with E-state index in [-0.39, 0.29) is 27.8 Å². The van der Waals surface area contributed by atoms with E-state index in [1.165, 1.54) is 13.1 Å². The predicted molar refractivity (Wildman–Crippen MR) is 87.2 cm³/mol. The number of carbonyl (C=O) groups is 1. The lowest BCUT2D eigenvalue weighted by atomic mass is 9.83. The van der Waals surface area contributed by atoms with Gasteiger partial charge in [0.05, 0.1) is 12.3 Å². The number of alkyl halides is 3. The van der Waals surface area contributed by atoms with Crippen molar-refractivity contribution in [2.45, 2.75) is 31.2 Å². The van der Waals surface area contributed by atoms with Crippen molar-refractivity contribution in [3.63, 3.8) is 0 Å². The zero-order valence-corrected chi connectivity index (χ0v) is 14.4. The van der Waals surface area contributed by atoms with Crippen molar-refractivity contribution in [2.75, 3.05) is 19.0 Å². The van der Waals surface area contributed by atoms with Crippen molar-refractivity contribution in [1.29, 1.82) is 0 Å². The molecule has 25 heavy (non-hydrogen) atoms. The Labute approximate surface area is 148 Å². The van der Waals surface area contributed by atoms with E-state index in [0.717, 1.165) is 30.9 Å². The summed E-state index contributed by atoms with van der Waals surface area (Å²) < 4.78 is 42.6. The van der Waals surface area contributed by atoms with Crippen molar-refractivity contribution >= 4 is 23.3 Å². The van der Waals surface area contributed by atoms with Crippen LogP contribution >= 0.6 is 11.6 Å². The highest BCUT2D eigenvalue weighted by atomic mass is 35.5. The molecule has 1 N–H and O–H groups in total. The average Bonchev–Trinajstić information content (AvgIpc) is 3.36. The van der Waals surface area contributed by atoms with E-state index in [9.17, 15) is 23.1 Å². The molecule has 0 radical (unpaired) electrons. The van der Waals surface area contributed by atoms with Crippen LogP contribution in [-0.4, -0.2) is 36.3 Å². The van der Waals surface area contributed by atoms with E-state index >= 15 is 0 Å². The van der Waals surface area contributed by atoms with E-state index in [1.54, 1.807) is 0 Å². The number of nitrogens with zero attached hydrogens (tertiary/aromatic N) is 2. The normalized spacial score (nSPS) is 23.2. The van der Waals surface area contributed by atoms with Crippen LogP contribution in [0.2, 0.25) is 5.02 Å². The minimum atomic E-state index is -4.82. The Morgan fingerprint density at radius 1 is 1.36 bits per heavy atom. The Kier molecular flexibility index (Phi) is 4.17. The van der Waals surface area contributed by atoms with Gasteiger partial charge in [0, 0.05) is 30.6 Å². The van der Waals surface area contributed by atoms with Crippen LogP contribution in [0, 0.1) is 17.8 Å². The highest BCUT2D eigenvalue weighted by Crippen LogP contribution is 2.51. The van der Waals surface area contributed by atoms with Crippen LogP contribution in [0.15, 0.2) is 12.1 Å². The van der Waals surface area contributed by atoms with Crippen LogP contribution < -0.4 is 4.90 Å². The van der Waals surface area contributed by atoms with Crippen molar-refractivity contribution in [3.8, 4) is 11.8 Å². The van der Waals surface area contributed by atoms with E-state index in [4.69, 9.17) is 11.6 Å². The highest BCUT2D eigenvalue weighted by molar-refractivity contribution is 6.31. The van der Waals surface area contributed by atoms with Crippen LogP contribution in [0.3, 0.4) is 0 Å². The fourth-order valence-corrected chi connectivity index (χ4v) is 3.17. The smallest absolute Gasteiger partial charge is 0.392 e. The first kappa shape index (κ1) is 17.9. The molecular formula is C17H16ClF3N2O2. The molecule has 1 aliphatic carbocycles. The van der Waals surface area contributed by atoms with E-state index in [1.807, 2.05) is 0 Å². The predicted octanol–water partition coefficient (Wildman–Crippen LogP) is 3.50. The van der Waals surface area contributed by atoms with Gasteiger partial charge in [0.2, 0.25) is 5.54 Å². The number of halogens is 4. The van der Waals surface area contributed by atoms with Crippen molar-refractivity contribution in [2.24, 2.45) is 5.92 Å². The van der Waals surface area contributed by atoms with E-state index in [0.29, 0.717) is 4.90 Å². The monoisotopic (exact) mass is 372 g/mol. The zero-order chi connectivity index (χ0) is 18.6. The number of rotatable bonds is 1. The van der Waals surface area contributed by atoms with E-state index in [2.05, 4.69) is 11.8 Å². The summed E-state index contributed by atoms with van der Waals surface area (Å²) in [6, 6.07) is 1.62. The molecule has 1 saturated carbocycles. The number of fused-ring (bicyclic) bond motifs is 1. The summed E-state index contributed by atoms with van der Waals surface area (Å²) in [7, 11) is 2.46. The number of aliphatic hydroxyl groups excluding tert-OH is 1. The molecule has 3 rings (SSSR count). The van der Waals surface area contributed by atoms with Crippen LogP contribution in [0.25, 0.3) is 0 Å². The number of hydrogen-bond donors (Lipinski definition) is 1. The van der Waals surface area contributed by atoms with Crippen LogP contribution in [0.4, 0.5) is 23.7 Å². The SMILES string of the molecule is CN1C(=O)N(C)C(C#CC2CC2)(C(F)(F)F)c2cc(Cl)c(CO)cc21. The molecule has 1 heterocycles. The summed E-state index contributed by atoms with van der Waals surface area (Å²) in [4.78, 5) is 14.2. The molecule has 0 aromatic heterocycles. The summed E-state index contributed by atoms with van der Waals surface area (Å²) in [5.74, 6) is 4.92. The van der Waals surface area contributed by atoms with E-state index < -0.39 is 24.4 Å². The molecule has 0 saturated heterocycles. The lowest BCUT2D eigenvalue weighted by molar-refractivity contribution is -0.204. The fraction of sp³-hybridized carbons (Fsp3) is 0.471. The molecule has 1 fully saturated rings. The second kappa shape index (κ2) is 5.82. The van der Waals surface area contributed by atoms with Gasteiger partial charge in [0.1, 0.15) is 0 Å². The van der Waals surface area contributed by atoms with Gasteiger partial charge in [-0.15, -0.1) is 0 Å². The standard InChI is InChI=1S/C17H16ClF3N2O2/c1-22-14-7-11(9-24)13(18)8-12(14)16(17(19,20)21,23(2)15(22)25)6-5-10-3-4-10/h7-8,10,24H,3-4,9H2,1-2H3. The number of urea groups is 1. The molecule has 1 aliphatic heterocycles. The molecule has 4 nitrogen and oxygen atoms in total. The maximum absolute atomic E-state index is 14.2. The Morgan fingerprint density at radius 2 is 2.00 bits per heavy atom. The second-order valence-electron chi connectivity index (χ2n) is 6.27. The minimum absolute atomic E-state index is 0.000698. The third-order valence-corrected chi connectivity index (χ3v) is 4.96. The molecule has 0 spiro atoms. The average molecular weight is 373 g/mol. The molecule has 0 bridgehead atoms. The Balaban J connectivity index is 2.34. The summed E-state index contributed by atoms with van der Waals surface area (Å²) >= 11 is 6.05. The van der Waals surface area contributed by atoms with Gasteiger partial charge in [0.15, 0.2) is 0 Å². The zero-order valence-electron chi connectivity index (χ0n) is 13.6. The number of carbonyl (C=O) groups excluding carboxylic acids is 1. The maximum Gasteiger partial charge on any atom is 0.427 e. The third-order valence-electron chi connectivity index (χ3n) is 4.61. The quantitative estimate of drug-likeness (QED) is 0.767. The molecule has 8 heteroatoms. The molecule has 134 valence electrons. The van der Waals surface area contributed by atoms with Gasteiger partial charge in [0.25, 0.3) is 0 Å². The summed E-state index contributed by atoms with van der Waals surface area (Å²) in [6.45, 7) is -0.448. The molecule has 1 aromatic rings. The fourth-order valence-electron chi connectivity index (χ4n) is 2.94. The lowest BCUT2D eigenvalue weighted by Crippen LogP contribution is -2.62. The molecule has 1 atom stereocenters. The van der Waals surface area contributed by atoms with Crippen LogP contribution in [0.5, 0.6) is 0 Å². The number of aliphatic hydroxyl groups is 1. The van der Waals surface area contributed by atoms with Gasteiger partial charge < -0.3 is 5.11 Å². The molecule has 2 aliphatic rings. The van der Waals surface area contributed by atoms with Gasteiger partial charge in [-0.3, -0.25) is 9.80 Å². The maximum atomic E-state index is 14.2. The molecule has 1 aromatic carbocycles. The number of hydrogen-bond acceptors (Lipinski definition) is 2. The summed E-state index contributed by atoms with van der Waals surface area (Å²) in [6.07, 6.45) is -3.30. The van der Waals surface area contributed by atoms with Gasteiger partial charge in [-0.25, -0.2) is 4.79 Å². The van der Waals surface area contributed by atoms with Crippen molar-refractivity contribution in [1.82, 2.24) is 4.90 Å². The topological polar surface area (TPSA) is 43.8 Å². The van der Waals surface area contributed by atoms with Gasteiger partial charge in [-0.2, -0.15) is 13.2 Å². The second-order valence-corrected chi connectivity index (χ2v) is 6.68. The van der Waals surface area contributed by atoms with Gasteiger partial charge >= 0.3 is 12.2 Å². The molecule has 2 amide bonds. The third kappa shape index (κ3) is 2.64. The lowest BCUT2D eigenvalue weighted by Gasteiger charge is -2.46. The Hall–Kier alpha value is -1.91. The summed E-state index contributed by atoms with van der Waals surface area (Å²) in [5.41, 5.74) is -2.69. The van der Waals surface area contributed by atoms with Gasteiger partial charge in [-0.1, -0.05) is 23.4 Å². The molecular weight excluding hydrogens is 357 g/mol. The van der Waals surface area contributed by atoms with Crippen LogP contribution in [0.1, 0.15) is 24.0 Å².